The average molecular weight is 480 g/mol. The molecule has 3 aromatic rings. The second kappa shape index (κ2) is 9.64. The van der Waals surface area contributed by atoms with E-state index in [1.165, 1.54) is 12.8 Å². The predicted molar refractivity (Wildman–Crippen MR) is 138 cm³/mol. The van der Waals surface area contributed by atoms with E-state index in [4.69, 9.17) is 19.1 Å². The zero-order valence-corrected chi connectivity index (χ0v) is 21.2. The molecule has 0 aliphatic heterocycles. The number of aryl methyl sites for hydroxylation is 1. The topological polar surface area (TPSA) is 105 Å². The Balaban J connectivity index is 1.46. The van der Waals surface area contributed by atoms with Crippen LogP contribution in [0.3, 0.4) is 0 Å². The highest BCUT2D eigenvalue weighted by atomic mass is 16.5. The van der Waals surface area contributed by atoms with Gasteiger partial charge in [-0.2, -0.15) is 4.98 Å². The summed E-state index contributed by atoms with van der Waals surface area (Å²) in [5, 5.41) is 17.6. The molecule has 0 radical (unpaired) electrons. The van der Waals surface area contributed by atoms with Gasteiger partial charge in [-0.05, 0) is 62.3 Å². The van der Waals surface area contributed by atoms with Crippen molar-refractivity contribution in [1.29, 1.82) is 0 Å². The number of nitrogens with zero attached hydrogens (tertiary/aromatic N) is 3. The van der Waals surface area contributed by atoms with Crippen LogP contribution in [0.1, 0.15) is 58.6 Å². The third kappa shape index (κ3) is 5.86. The predicted octanol–water partition coefficient (Wildman–Crippen LogP) is 5.41. The first kappa shape index (κ1) is 23.9. The Morgan fingerprint density at radius 2 is 1.91 bits per heavy atom. The van der Waals surface area contributed by atoms with Crippen LogP contribution in [0.15, 0.2) is 22.7 Å². The Morgan fingerprint density at radius 1 is 1.11 bits per heavy atom. The molecule has 2 unspecified atom stereocenters. The molecule has 0 aromatic carbocycles. The highest BCUT2D eigenvalue weighted by molar-refractivity contribution is 5.86. The summed E-state index contributed by atoms with van der Waals surface area (Å²) in [4.78, 5) is 14.1. The number of aliphatic hydroxyl groups is 1. The first-order chi connectivity index (χ1) is 16.8. The fraction of sp³-hybridized carbons (Fsp3) is 0.593. The van der Waals surface area contributed by atoms with Crippen molar-refractivity contribution in [1.82, 2.24) is 15.0 Å². The van der Waals surface area contributed by atoms with E-state index in [1.807, 2.05) is 19.1 Å². The Kier molecular flexibility index (Phi) is 6.57. The third-order valence-corrected chi connectivity index (χ3v) is 6.80. The van der Waals surface area contributed by atoms with Crippen LogP contribution in [0.5, 0.6) is 5.88 Å². The highest BCUT2D eigenvalue weighted by Crippen LogP contribution is 2.37. The van der Waals surface area contributed by atoms with Crippen LogP contribution in [-0.2, 0) is 0 Å². The second-order valence-electron chi connectivity index (χ2n) is 11.4. The van der Waals surface area contributed by atoms with Gasteiger partial charge in [0.2, 0.25) is 11.8 Å². The number of aromatic nitrogens is 3. The molecule has 35 heavy (non-hydrogen) atoms. The minimum Gasteiger partial charge on any atom is -0.477 e. The lowest BCUT2D eigenvalue weighted by Gasteiger charge is -2.21. The zero-order chi connectivity index (χ0) is 24.6. The fourth-order valence-corrected chi connectivity index (χ4v) is 4.58. The number of hydrogen-bond donors (Lipinski definition) is 3. The average Bonchev–Trinajstić information content (AvgIpc) is 3.37. The van der Waals surface area contributed by atoms with Crippen molar-refractivity contribution in [3.8, 4) is 17.2 Å². The van der Waals surface area contributed by atoms with Crippen LogP contribution in [-0.4, -0.2) is 45.9 Å². The lowest BCUT2D eigenvalue weighted by molar-refractivity contribution is 0.229. The number of nitrogens with one attached hydrogen (secondary N) is 2. The number of fused-ring (bicyclic) bond motifs is 1. The summed E-state index contributed by atoms with van der Waals surface area (Å²) in [6, 6.07) is 4.21. The molecule has 2 fully saturated rings. The summed E-state index contributed by atoms with van der Waals surface area (Å²) in [6.07, 6.45) is 7.16. The zero-order valence-electron chi connectivity index (χ0n) is 21.2. The van der Waals surface area contributed by atoms with Crippen molar-refractivity contribution in [3.63, 3.8) is 0 Å². The van der Waals surface area contributed by atoms with Crippen molar-refractivity contribution in [3.05, 3.63) is 24.0 Å². The summed E-state index contributed by atoms with van der Waals surface area (Å²) in [5.41, 5.74) is 2.51. The molecule has 2 atom stereocenters. The fourth-order valence-electron chi connectivity index (χ4n) is 4.58. The Bertz CT molecular complexity index is 1180. The molecule has 2 aliphatic carbocycles. The number of aliphatic hydroxyl groups excluding tert-OH is 1. The maximum absolute atomic E-state index is 9.60. The molecule has 3 aromatic heterocycles. The van der Waals surface area contributed by atoms with E-state index in [0.29, 0.717) is 35.0 Å². The van der Waals surface area contributed by atoms with E-state index < -0.39 is 0 Å². The highest BCUT2D eigenvalue weighted by Gasteiger charge is 2.27. The summed E-state index contributed by atoms with van der Waals surface area (Å²) in [5.74, 6) is 3.71. The van der Waals surface area contributed by atoms with Crippen LogP contribution < -0.4 is 15.4 Å². The summed E-state index contributed by atoms with van der Waals surface area (Å²) >= 11 is 0. The maximum Gasteiger partial charge on any atom is 0.224 e. The molecular formula is C27H37N5O3. The first-order valence-corrected chi connectivity index (χ1v) is 12.8. The third-order valence-electron chi connectivity index (χ3n) is 6.80. The van der Waals surface area contributed by atoms with Gasteiger partial charge in [0, 0.05) is 30.6 Å². The van der Waals surface area contributed by atoms with Gasteiger partial charge < -0.3 is 24.9 Å². The maximum atomic E-state index is 9.60. The Morgan fingerprint density at radius 3 is 2.63 bits per heavy atom. The van der Waals surface area contributed by atoms with Gasteiger partial charge in [-0.3, -0.25) is 0 Å². The van der Waals surface area contributed by atoms with Gasteiger partial charge >= 0.3 is 0 Å². The van der Waals surface area contributed by atoms with Gasteiger partial charge in [0.25, 0.3) is 0 Å². The van der Waals surface area contributed by atoms with Gasteiger partial charge in [0.1, 0.15) is 11.6 Å². The number of rotatable bonds is 9. The van der Waals surface area contributed by atoms with Crippen LogP contribution in [0.25, 0.3) is 22.3 Å². The molecule has 2 aliphatic rings. The molecule has 0 bridgehead atoms. The Hall–Kier alpha value is -2.87. The molecule has 8 heteroatoms. The second-order valence-corrected chi connectivity index (χ2v) is 11.4. The normalized spacial score (nSPS) is 20.4. The molecule has 3 N–H and O–H groups in total. The van der Waals surface area contributed by atoms with Crippen molar-refractivity contribution in [2.45, 2.75) is 65.8 Å². The van der Waals surface area contributed by atoms with E-state index in [-0.39, 0.29) is 18.1 Å². The van der Waals surface area contributed by atoms with Gasteiger partial charge in [-0.15, -0.1) is 0 Å². The minimum atomic E-state index is 0.106. The molecule has 0 spiro atoms. The molecule has 0 amide bonds. The molecule has 3 heterocycles. The molecule has 5 rings (SSSR count). The van der Waals surface area contributed by atoms with Gasteiger partial charge in [0.15, 0.2) is 5.58 Å². The van der Waals surface area contributed by atoms with E-state index in [2.05, 4.69) is 36.4 Å². The number of hydrogen-bond acceptors (Lipinski definition) is 8. The van der Waals surface area contributed by atoms with Crippen LogP contribution in [0.4, 0.5) is 11.8 Å². The monoisotopic (exact) mass is 479 g/mol. The summed E-state index contributed by atoms with van der Waals surface area (Å²) in [7, 11) is 0. The van der Waals surface area contributed by atoms with Crippen molar-refractivity contribution in [2.24, 2.45) is 17.3 Å². The molecule has 2 saturated carbocycles. The van der Waals surface area contributed by atoms with E-state index in [1.54, 1.807) is 6.20 Å². The first-order valence-electron chi connectivity index (χ1n) is 12.8. The summed E-state index contributed by atoms with van der Waals surface area (Å²) in [6.45, 7) is 10.3. The quantitative estimate of drug-likeness (QED) is 0.374. The largest absolute Gasteiger partial charge is 0.477 e. The van der Waals surface area contributed by atoms with Crippen LogP contribution in [0, 0.1) is 24.2 Å². The van der Waals surface area contributed by atoms with E-state index >= 15 is 0 Å². The van der Waals surface area contributed by atoms with Gasteiger partial charge in [0.05, 0.1) is 24.1 Å². The standard InChI is InChI=1S/C27H37N5O3/c1-16-24(21-10-19-11-23(28-12-22(19)35-21)34-14-17-5-6-17)25(31-20-8-7-18(9-20)13-33)32-26(30-16)29-15-27(2,3)4/h10-12,17-18,20,33H,5-9,13-15H2,1-4H3,(H2,29,30,31,32). The van der Waals surface area contributed by atoms with Crippen molar-refractivity contribution in [2.75, 3.05) is 30.4 Å². The van der Waals surface area contributed by atoms with E-state index in [9.17, 15) is 5.11 Å². The van der Waals surface area contributed by atoms with E-state index in [0.717, 1.165) is 54.9 Å². The number of ether oxygens (including phenoxy) is 1. The lowest BCUT2D eigenvalue weighted by atomic mass is 9.97. The molecule has 0 saturated heterocycles. The molecular weight excluding hydrogens is 442 g/mol. The molecule has 8 nitrogen and oxygen atoms in total. The minimum absolute atomic E-state index is 0.106. The Labute approximate surface area is 206 Å². The van der Waals surface area contributed by atoms with Crippen molar-refractivity contribution < 1.29 is 14.3 Å². The van der Waals surface area contributed by atoms with Crippen LogP contribution >= 0.6 is 0 Å². The van der Waals surface area contributed by atoms with Gasteiger partial charge in [-0.25, -0.2) is 9.97 Å². The number of anilines is 2. The number of furan rings is 1. The molecule has 188 valence electrons. The summed E-state index contributed by atoms with van der Waals surface area (Å²) < 4.78 is 12.1. The SMILES string of the molecule is Cc1nc(NCC(C)(C)C)nc(NC2CCC(CO)C2)c1-c1cc2cc(OCC3CC3)ncc2o1. The van der Waals surface area contributed by atoms with Crippen LogP contribution in [0.2, 0.25) is 0 Å². The van der Waals surface area contributed by atoms with Gasteiger partial charge in [-0.1, -0.05) is 20.8 Å². The smallest absolute Gasteiger partial charge is 0.224 e. The van der Waals surface area contributed by atoms with Crippen molar-refractivity contribution >= 4 is 22.7 Å². The number of pyridine rings is 1. The lowest BCUT2D eigenvalue weighted by Crippen LogP contribution is -2.22.